The van der Waals surface area contributed by atoms with E-state index in [2.05, 4.69) is 10.3 Å². The minimum Gasteiger partial charge on any atom is -0.393 e. The summed E-state index contributed by atoms with van der Waals surface area (Å²) in [7, 11) is 0. The molecule has 0 aromatic carbocycles. The van der Waals surface area contributed by atoms with E-state index in [1.165, 1.54) is 6.07 Å². The molecule has 1 fully saturated rings. The van der Waals surface area contributed by atoms with Gasteiger partial charge in [-0.15, -0.1) is 0 Å². The summed E-state index contributed by atoms with van der Waals surface area (Å²) < 4.78 is 0. The molecule has 0 radical (unpaired) electrons. The van der Waals surface area contributed by atoms with Gasteiger partial charge in [0.05, 0.1) is 11.0 Å². The molecule has 1 aromatic heterocycles. The fourth-order valence-corrected chi connectivity index (χ4v) is 2.52. The van der Waals surface area contributed by atoms with Crippen molar-refractivity contribution in [3.05, 3.63) is 27.9 Å². The lowest BCUT2D eigenvalue weighted by Gasteiger charge is -2.26. The minimum absolute atomic E-state index is 0.00181. The fourth-order valence-electron chi connectivity index (χ4n) is 2.52. The van der Waals surface area contributed by atoms with Gasteiger partial charge < -0.3 is 10.4 Å². The van der Waals surface area contributed by atoms with E-state index in [1.807, 2.05) is 0 Å². The lowest BCUT2D eigenvalue weighted by molar-refractivity contribution is -0.384. The van der Waals surface area contributed by atoms with Crippen LogP contribution in [0.1, 0.15) is 31.4 Å². The van der Waals surface area contributed by atoms with Crippen LogP contribution >= 0.6 is 0 Å². The molecule has 6 nitrogen and oxygen atoms in total. The predicted octanol–water partition coefficient (Wildman–Crippen LogP) is 2.26. The van der Waals surface area contributed by atoms with Crippen molar-refractivity contribution in [1.29, 1.82) is 0 Å². The molecule has 0 spiro atoms. The van der Waals surface area contributed by atoms with Crippen LogP contribution in [0, 0.1) is 23.0 Å². The quantitative estimate of drug-likeness (QED) is 0.644. The van der Waals surface area contributed by atoms with E-state index in [1.54, 1.807) is 13.0 Å². The molecular formula is C13H19N3O3. The van der Waals surface area contributed by atoms with E-state index in [-0.39, 0.29) is 11.8 Å². The normalized spacial score (nSPS) is 23.1. The first kappa shape index (κ1) is 13.7. The molecule has 2 unspecified atom stereocenters. The number of nitro groups is 1. The third-order valence-corrected chi connectivity index (χ3v) is 3.52. The molecule has 19 heavy (non-hydrogen) atoms. The molecular weight excluding hydrogens is 246 g/mol. The Hall–Kier alpha value is -1.69. The minimum atomic E-state index is -0.426. The van der Waals surface area contributed by atoms with Crippen LogP contribution in [-0.4, -0.2) is 27.7 Å². The first-order chi connectivity index (χ1) is 9.06. The highest BCUT2D eigenvalue weighted by Gasteiger charge is 2.21. The molecule has 1 aliphatic carbocycles. The number of nitrogens with zero attached hydrogens (tertiary/aromatic N) is 2. The lowest BCUT2D eigenvalue weighted by atomic mass is 9.87. The van der Waals surface area contributed by atoms with Gasteiger partial charge in [0.1, 0.15) is 0 Å². The Bertz CT molecular complexity index is 464. The number of hydrogen-bond donors (Lipinski definition) is 2. The number of rotatable bonds is 4. The number of pyridine rings is 1. The number of nitrogens with one attached hydrogen (secondary N) is 1. The van der Waals surface area contributed by atoms with Crippen LogP contribution in [0.4, 0.5) is 11.5 Å². The van der Waals surface area contributed by atoms with Crippen molar-refractivity contribution in [3.63, 3.8) is 0 Å². The Morgan fingerprint density at radius 3 is 3.00 bits per heavy atom. The maximum Gasteiger partial charge on any atom is 0.311 e. The summed E-state index contributed by atoms with van der Waals surface area (Å²) in [5.41, 5.74) is 0.749. The monoisotopic (exact) mass is 265 g/mol. The molecule has 0 bridgehead atoms. The Kier molecular flexibility index (Phi) is 4.31. The van der Waals surface area contributed by atoms with Crippen LogP contribution in [0.5, 0.6) is 0 Å². The lowest BCUT2D eigenvalue weighted by Crippen LogP contribution is -2.25. The van der Waals surface area contributed by atoms with Gasteiger partial charge in [0.15, 0.2) is 0 Å². The Balaban J connectivity index is 2.02. The zero-order valence-electron chi connectivity index (χ0n) is 11.0. The number of aliphatic hydroxyl groups is 1. The van der Waals surface area contributed by atoms with Crippen molar-refractivity contribution in [2.24, 2.45) is 5.92 Å². The van der Waals surface area contributed by atoms with Gasteiger partial charge in [-0.25, -0.2) is 4.98 Å². The van der Waals surface area contributed by atoms with Crippen molar-refractivity contribution < 1.29 is 10.0 Å². The molecule has 0 saturated heterocycles. The van der Waals surface area contributed by atoms with Gasteiger partial charge >= 0.3 is 5.69 Å². The number of hydrogen-bond acceptors (Lipinski definition) is 5. The molecule has 0 amide bonds. The van der Waals surface area contributed by atoms with E-state index < -0.39 is 4.92 Å². The average molecular weight is 265 g/mol. The SMILES string of the molecule is Cc1ccc([N+](=O)[O-])c(NCC2CCCC(O)C2)n1. The Morgan fingerprint density at radius 2 is 2.32 bits per heavy atom. The van der Waals surface area contributed by atoms with Gasteiger partial charge in [0, 0.05) is 18.3 Å². The summed E-state index contributed by atoms with van der Waals surface area (Å²) in [6, 6.07) is 3.11. The van der Waals surface area contributed by atoms with E-state index in [0.717, 1.165) is 31.4 Å². The molecule has 2 atom stereocenters. The van der Waals surface area contributed by atoms with Crippen LogP contribution in [0.2, 0.25) is 0 Å². The number of aliphatic hydroxyl groups excluding tert-OH is 1. The third-order valence-electron chi connectivity index (χ3n) is 3.52. The molecule has 0 aliphatic heterocycles. The van der Waals surface area contributed by atoms with Gasteiger partial charge in [-0.1, -0.05) is 6.42 Å². The van der Waals surface area contributed by atoms with Crippen molar-refractivity contribution >= 4 is 11.5 Å². The zero-order valence-corrected chi connectivity index (χ0v) is 11.0. The van der Waals surface area contributed by atoms with E-state index in [4.69, 9.17) is 0 Å². The van der Waals surface area contributed by atoms with Crippen LogP contribution in [-0.2, 0) is 0 Å². The van der Waals surface area contributed by atoms with Crippen molar-refractivity contribution in [2.45, 2.75) is 38.7 Å². The van der Waals surface area contributed by atoms with Crippen LogP contribution < -0.4 is 5.32 Å². The van der Waals surface area contributed by atoms with Crippen molar-refractivity contribution in [3.8, 4) is 0 Å². The molecule has 104 valence electrons. The summed E-state index contributed by atoms with van der Waals surface area (Å²) in [4.78, 5) is 14.7. The predicted molar refractivity (Wildman–Crippen MR) is 72.1 cm³/mol. The maximum atomic E-state index is 10.9. The number of anilines is 1. The van der Waals surface area contributed by atoms with E-state index in [0.29, 0.717) is 18.3 Å². The molecule has 2 rings (SSSR count). The molecule has 2 N–H and O–H groups in total. The van der Waals surface area contributed by atoms with Crippen LogP contribution in [0.25, 0.3) is 0 Å². The Morgan fingerprint density at radius 1 is 1.53 bits per heavy atom. The second-order valence-corrected chi connectivity index (χ2v) is 5.14. The van der Waals surface area contributed by atoms with E-state index in [9.17, 15) is 15.2 Å². The largest absolute Gasteiger partial charge is 0.393 e. The summed E-state index contributed by atoms with van der Waals surface area (Å²) in [5.74, 6) is 0.677. The summed E-state index contributed by atoms with van der Waals surface area (Å²) in [5, 5.41) is 23.6. The first-order valence-electron chi connectivity index (χ1n) is 6.60. The molecule has 1 saturated carbocycles. The topological polar surface area (TPSA) is 88.3 Å². The highest BCUT2D eigenvalue weighted by Crippen LogP contribution is 2.26. The molecule has 1 heterocycles. The molecule has 6 heteroatoms. The molecule has 1 aliphatic rings. The van der Waals surface area contributed by atoms with E-state index >= 15 is 0 Å². The van der Waals surface area contributed by atoms with Gasteiger partial charge in [0.25, 0.3) is 0 Å². The second kappa shape index (κ2) is 5.97. The standard InChI is InChI=1S/C13H19N3O3/c1-9-5-6-12(16(18)19)13(15-9)14-8-10-3-2-4-11(17)7-10/h5-6,10-11,17H,2-4,7-8H2,1H3,(H,14,15). The Labute approximate surface area is 112 Å². The number of aromatic nitrogens is 1. The number of aryl methyl sites for hydroxylation is 1. The highest BCUT2D eigenvalue weighted by molar-refractivity contribution is 5.56. The van der Waals surface area contributed by atoms with Crippen molar-refractivity contribution in [1.82, 2.24) is 4.98 Å². The van der Waals surface area contributed by atoms with Gasteiger partial charge in [-0.3, -0.25) is 10.1 Å². The van der Waals surface area contributed by atoms with Gasteiger partial charge in [-0.2, -0.15) is 0 Å². The first-order valence-corrected chi connectivity index (χ1v) is 6.60. The van der Waals surface area contributed by atoms with Crippen molar-refractivity contribution in [2.75, 3.05) is 11.9 Å². The zero-order chi connectivity index (χ0) is 13.8. The van der Waals surface area contributed by atoms with Crippen LogP contribution in [0.3, 0.4) is 0 Å². The molecule has 1 aromatic rings. The summed E-state index contributed by atoms with van der Waals surface area (Å²) in [6.07, 6.45) is 3.44. The van der Waals surface area contributed by atoms with Gasteiger partial charge in [-0.05, 0) is 38.2 Å². The second-order valence-electron chi connectivity index (χ2n) is 5.14. The third kappa shape index (κ3) is 3.64. The van der Waals surface area contributed by atoms with Gasteiger partial charge in [0.2, 0.25) is 5.82 Å². The highest BCUT2D eigenvalue weighted by atomic mass is 16.6. The summed E-state index contributed by atoms with van der Waals surface area (Å²) in [6.45, 7) is 2.42. The smallest absolute Gasteiger partial charge is 0.311 e. The summed E-state index contributed by atoms with van der Waals surface area (Å²) >= 11 is 0. The maximum absolute atomic E-state index is 10.9. The fraction of sp³-hybridized carbons (Fsp3) is 0.615. The average Bonchev–Trinajstić information content (AvgIpc) is 2.36. The van der Waals surface area contributed by atoms with Crippen LogP contribution in [0.15, 0.2) is 12.1 Å².